The van der Waals surface area contributed by atoms with Gasteiger partial charge in [0.1, 0.15) is 18.1 Å². The standard InChI is InChI=1S/C27H28N3O/c1-15-11-18-13-16(2)17(3)22-23(18)21(12-15)31-26-19(14-27(4,5)28-6)24-20(9-10-29(24)7)30(8)25(22)26/h9-13H,14H2,1-5,7-8H3/q+1. The van der Waals surface area contributed by atoms with Crippen LogP contribution in [-0.2, 0) is 20.5 Å². The lowest BCUT2D eigenvalue weighted by molar-refractivity contribution is -0.642. The van der Waals surface area contributed by atoms with Gasteiger partial charge in [0.2, 0.25) is 11.1 Å². The van der Waals surface area contributed by atoms with Gasteiger partial charge in [0.05, 0.1) is 17.5 Å². The van der Waals surface area contributed by atoms with E-state index >= 15 is 0 Å². The smallest absolute Gasteiger partial charge is 0.236 e. The average molecular weight is 411 g/mol. The van der Waals surface area contributed by atoms with Crippen molar-refractivity contribution in [2.75, 3.05) is 0 Å². The highest BCUT2D eigenvalue weighted by atomic mass is 16.3. The van der Waals surface area contributed by atoms with Crippen molar-refractivity contribution < 1.29 is 8.98 Å². The number of fused-ring (bicyclic) bond motifs is 3. The first kappa shape index (κ1) is 19.6. The molecule has 3 aromatic heterocycles. The molecule has 0 atom stereocenters. The summed E-state index contributed by atoms with van der Waals surface area (Å²) < 4.78 is 11.1. The van der Waals surface area contributed by atoms with Gasteiger partial charge in [-0.1, -0.05) is 12.1 Å². The maximum absolute atomic E-state index is 7.73. The van der Waals surface area contributed by atoms with Gasteiger partial charge < -0.3 is 13.8 Å². The number of hydrogen-bond donors (Lipinski definition) is 0. The second-order valence-corrected chi connectivity index (χ2v) is 9.63. The van der Waals surface area contributed by atoms with Crippen LogP contribution in [0, 0.1) is 27.3 Å². The fourth-order valence-electron chi connectivity index (χ4n) is 5.08. The van der Waals surface area contributed by atoms with Crippen LogP contribution >= 0.6 is 0 Å². The maximum atomic E-state index is 7.73. The van der Waals surface area contributed by atoms with E-state index < -0.39 is 5.54 Å². The first-order valence-electron chi connectivity index (χ1n) is 10.7. The van der Waals surface area contributed by atoms with Gasteiger partial charge in [0.15, 0.2) is 11.8 Å². The fourth-order valence-corrected chi connectivity index (χ4v) is 5.08. The third-order valence-corrected chi connectivity index (χ3v) is 6.75. The molecule has 0 fully saturated rings. The molecule has 0 bridgehead atoms. The Morgan fingerprint density at radius 3 is 2.58 bits per heavy atom. The Balaban J connectivity index is 2.14. The molecule has 3 heterocycles. The molecule has 156 valence electrons. The predicted molar refractivity (Wildman–Crippen MR) is 127 cm³/mol. The lowest BCUT2D eigenvalue weighted by Gasteiger charge is -2.19. The van der Waals surface area contributed by atoms with Crippen molar-refractivity contribution in [1.82, 2.24) is 4.57 Å². The fraction of sp³-hybridized carbons (Fsp3) is 0.333. The van der Waals surface area contributed by atoms with Crippen LogP contribution in [0.3, 0.4) is 0 Å². The van der Waals surface area contributed by atoms with Gasteiger partial charge in [-0.2, -0.15) is 4.57 Å². The normalized spacial score (nSPS) is 12.5. The van der Waals surface area contributed by atoms with Gasteiger partial charge in [-0.15, -0.1) is 0 Å². The van der Waals surface area contributed by atoms with Crippen LogP contribution in [0.4, 0.5) is 0 Å². The van der Waals surface area contributed by atoms with E-state index in [0.29, 0.717) is 6.42 Å². The zero-order valence-corrected chi connectivity index (χ0v) is 19.3. The van der Waals surface area contributed by atoms with E-state index in [1.165, 1.54) is 32.8 Å². The number of pyridine rings is 1. The molecule has 5 aromatic rings. The average Bonchev–Trinajstić information content (AvgIpc) is 3.10. The van der Waals surface area contributed by atoms with Crippen LogP contribution in [0.2, 0.25) is 0 Å². The predicted octanol–water partition coefficient (Wildman–Crippen LogP) is 6.22. The zero-order chi connectivity index (χ0) is 22.2. The number of hydrogen-bond acceptors (Lipinski definition) is 1. The molecular weight excluding hydrogens is 382 g/mol. The third-order valence-electron chi connectivity index (χ3n) is 6.75. The Morgan fingerprint density at radius 1 is 1.13 bits per heavy atom. The van der Waals surface area contributed by atoms with Gasteiger partial charge >= 0.3 is 0 Å². The molecule has 0 spiro atoms. The summed E-state index contributed by atoms with van der Waals surface area (Å²) in [6, 6.07) is 8.82. The van der Waals surface area contributed by atoms with E-state index in [-0.39, 0.29) is 0 Å². The van der Waals surface area contributed by atoms with E-state index in [4.69, 9.17) is 11.0 Å². The molecule has 0 unspecified atom stereocenters. The highest BCUT2D eigenvalue weighted by molar-refractivity contribution is 6.20. The number of aromatic nitrogens is 2. The van der Waals surface area contributed by atoms with Crippen molar-refractivity contribution in [3.8, 4) is 0 Å². The Bertz CT molecular complexity index is 1590. The molecule has 4 heteroatoms. The molecule has 0 amide bonds. The first-order valence-corrected chi connectivity index (χ1v) is 10.7. The molecule has 0 aliphatic rings. The molecule has 0 N–H and O–H groups in total. The minimum Gasteiger partial charge on any atom is -0.454 e. The second-order valence-electron chi connectivity index (χ2n) is 9.63. The van der Waals surface area contributed by atoms with E-state index in [1.807, 2.05) is 13.8 Å². The van der Waals surface area contributed by atoms with Gasteiger partial charge in [-0.3, -0.25) is 0 Å². The molecular formula is C27H28N3O+. The van der Waals surface area contributed by atoms with Gasteiger partial charge in [0, 0.05) is 37.7 Å². The largest absolute Gasteiger partial charge is 0.454 e. The summed E-state index contributed by atoms with van der Waals surface area (Å²) in [4.78, 5) is 3.92. The van der Waals surface area contributed by atoms with Crippen LogP contribution in [0.15, 0.2) is 34.9 Å². The molecule has 0 saturated carbocycles. The van der Waals surface area contributed by atoms with Crippen LogP contribution in [0.1, 0.15) is 36.1 Å². The maximum Gasteiger partial charge on any atom is 0.236 e. The third kappa shape index (κ3) is 2.69. The van der Waals surface area contributed by atoms with Gasteiger partial charge in [0.25, 0.3) is 0 Å². The van der Waals surface area contributed by atoms with Gasteiger partial charge in [-0.05, 0) is 48.9 Å². The summed E-state index contributed by atoms with van der Waals surface area (Å²) >= 11 is 0. The highest BCUT2D eigenvalue weighted by Crippen LogP contribution is 2.41. The molecule has 0 aliphatic carbocycles. The Labute approximate surface area is 182 Å². The minimum absolute atomic E-state index is 0.516. The van der Waals surface area contributed by atoms with Crippen molar-refractivity contribution in [3.63, 3.8) is 0 Å². The summed E-state index contributed by atoms with van der Waals surface area (Å²) in [6.45, 7) is 18.3. The van der Waals surface area contributed by atoms with Crippen LogP contribution in [0.5, 0.6) is 0 Å². The molecule has 0 radical (unpaired) electrons. The Kier molecular flexibility index (Phi) is 4.02. The zero-order valence-electron chi connectivity index (χ0n) is 19.3. The van der Waals surface area contributed by atoms with Crippen molar-refractivity contribution in [3.05, 3.63) is 64.1 Å². The number of nitrogens with zero attached hydrogens (tertiary/aromatic N) is 3. The SMILES string of the molecule is [C-]#[N+]C(C)(C)Cc1c2oc3cc(C)cc4cc(C)c(C)c(c43)c2n(C)c2cc[n+](C)c12. The minimum atomic E-state index is -0.516. The molecule has 0 aliphatic heterocycles. The molecule has 4 nitrogen and oxygen atoms in total. The molecule has 2 aromatic carbocycles. The van der Waals surface area contributed by atoms with Crippen molar-refractivity contribution >= 4 is 43.9 Å². The summed E-state index contributed by atoms with van der Waals surface area (Å²) in [5, 5.41) is 3.65. The first-order chi connectivity index (χ1) is 14.6. The van der Waals surface area contributed by atoms with E-state index in [1.54, 1.807) is 0 Å². The van der Waals surface area contributed by atoms with E-state index in [2.05, 4.69) is 79.3 Å². The second kappa shape index (κ2) is 6.34. The highest BCUT2D eigenvalue weighted by Gasteiger charge is 2.32. The number of rotatable bonds is 2. The topological polar surface area (TPSA) is 26.3 Å². The summed E-state index contributed by atoms with van der Waals surface area (Å²) in [7, 11) is 4.20. The van der Waals surface area contributed by atoms with E-state index in [9.17, 15) is 0 Å². The Hall–Kier alpha value is -3.32. The lowest BCUT2D eigenvalue weighted by atomic mass is 9.91. The summed E-state index contributed by atoms with van der Waals surface area (Å²) in [5.41, 5.74) is 9.55. The number of benzene rings is 2. The monoisotopic (exact) mass is 410 g/mol. The summed E-state index contributed by atoms with van der Waals surface area (Å²) in [5.74, 6) is 0. The molecule has 0 saturated heterocycles. The van der Waals surface area contributed by atoms with Gasteiger partial charge in [-0.25, -0.2) is 6.57 Å². The number of aryl methyl sites for hydroxylation is 5. The van der Waals surface area contributed by atoms with Crippen molar-refractivity contribution in [2.24, 2.45) is 14.1 Å². The van der Waals surface area contributed by atoms with Crippen molar-refractivity contribution in [1.29, 1.82) is 0 Å². The molecule has 5 rings (SSSR count). The quantitative estimate of drug-likeness (QED) is 0.147. The van der Waals surface area contributed by atoms with Crippen LogP contribution < -0.4 is 4.57 Å². The van der Waals surface area contributed by atoms with Crippen molar-refractivity contribution in [2.45, 2.75) is 46.6 Å². The lowest BCUT2D eigenvalue weighted by Crippen LogP contribution is -2.28. The van der Waals surface area contributed by atoms with Crippen LogP contribution in [0.25, 0.3) is 48.7 Å². The summed E-state index contributed by atoms with van der Waals surface area (Å²) in [6.07, 6.45) is 2.73. The van der Waals surface area contributed by atoms with E-state index in [0.717, 1.165) is 33.3 Å². The Morgan fingerprint density at radius 2 is 1.87 bits per heavy atom. The molecule has 31 heavy (non-hydrogen) atoms. The van der Waals surface area contributed by atoms with Crippen LogP contribution in [-0.4, -0.2) is 10.1 Å².